The van der Waals surface area contributed by atoms with Crippen molar-refractivity contribution in [2.24, 2.45) is 0 Å². The predicted molar refractivity (Wildman–Crippen MR) is 75.8 cm³/mol. The number of rotatable bonds is 5. The zero-order chi connectivity index (χ0) is 15.6. The maximum absolute atomic E-state index is 12.6. The van der Waals surface area contributed by atoms with E-state index >= 15 is 0 Å². The fourth-order valence-corrected chi connectivity index (χ4v) is 2.77. The Morgan fingerprint density at radius 1 is 1.52 bits per heavy atom. The second-order valence-corrected chi connectivity index (χ2v) is 5.33. The second kappa shape index (κ2) is 6.04. The number of carbonyl (C=O) groups excluding carboxylic acids is 1. The van der Waals surface area contributed by atoms with Crippen molar-refractivity contribution in [3.63, 3.8) is 0 Å². The van der Waals surface area contributed by atoms with Gasteiger partial charge in [0.1, 0.15) is 6.67 Å². The maximum Gasteiger partial charge on any atom is 0.328 e. The van der Waals surface area contributed by atoms with Crippen LogP contribution in [0.3, 0.4) is 0 Å². The van der Waals surface area contributed by atoms with Gasteiger partial charge in [0.25, 0.3) is 5.91 Å². The number of aryl methyl sites for hydroxylation is 1. The fraction of sp³-hybridized carbons (Fsp3) is 0.308. The number of carboxylic acids is 1. The molecular weight excluding hydrogens is 297 g/mol. The molecule has 0 spiro atoms. The Balaban J connectivity index is 2.31. The minimum Gasteiger partial charge on any atom is -0.480 e. The zero-order valence-electron chi connectivity index (χ0n) is 11.5. The molecule has 0 aliphatic carbocycles. The minimum atomic E-state index is -1.54. The van der Waals surface area contributed by atoms with Crippen molar-refractivity contribution < 1.29 is 19.1 Å². The average Bonchev–Trinajstić information content (AvgIpc) is 3.03. The van der Waals surface area contributed by atoms with E-state index in [1.807, 2.05) is 12.3 Å². The lowest BCUT2D eigenvalue weighted by Gasteiger charge is -2.11. The lowest BCUT2D eigenvalue weighted by molar-refractivity contribution is -0.139. The zero-order valence-corrected chi connectivity index (χ0v) is 12.3. The molecule has 0 aliphatic heterocycles. The summed E-state index contributed by atoms with van der Waals surface area (Å²) in [5.74, 6) is -2.02. The quantitative estimate of drug-likeness (QED) is 0.880. The number of hydrogen-bond acceptors (Lipinski definition) is 4. The van der Waals surface area contributed by atoms with E-state index < -0.39 is 24.6 Å². The van der Waals surface area contributed by atoms with Crippen molar-refractivity contribution in [1.29, 1.82) is 0 Å². The number of halogens is 1. The molecule has 8 heteroatoms. The lowest BCUT2D eigenvalue weighted by Crippen LogP contribution is -2.42. The van der Waals surface area contributed by atoms with E-state index in [0.717, 1.165) is 5.69 Å². The number of alkyl halides is 1. The molecule has 0 bridgehead atoms. The van der Waals surface area contributed by atoms with Gasteiger partial charge in [-0.2, -0.15) is 0 Å². The van der Waals surface area contributed by atoms with Crippen LogP contribution in [0.4, 0.5) is 4.39 Å². The summed E-state index contributed by atoms with van der Waals surface area (Å²) >= 11 is 1.42. The lowest BCUT2D eigenvalue weighted by atomic mass is 10.2. The van der Waals surface area contributed by atoms with Crippen LogP contribution in [0.25, 0.3) is 5.13 Å². The van der Waals surface area contributed by atoms with Crippen LogP contribution in [0, 0.1) is 13.8 Å². The van der Waals surface area contributed by atoms with E-state index in [4.69, 9.17) is 5.11 Å². The number of nitrogens with zero attached hydrogens (tertiary/aromatic N) is 2. The highest BCUT2D eigenvalue weighted by Gasteiger charge is 2.23. The third-order valence-electron chi connectivity index (χ3n) is 3.04. The molecule has 1 atom stereocenters. The van der Waals surface area contributed by atoms with E-state index in [2.05, 4.69) is 10.3 Å². The van der Waals surface area contributed by atoms with Gasteiger partial charge in [0.05, 0.1) is 5.56 Å². The molecule has 0 aliphatic rings. The van der Waals surface area contributed by atoms with Crippen LogP contribution < -0.4 is 5.32 Å². The number of aliphatic carboxylic acids is 1. The van der Waals surface area contributed by atoms with Crippen LogP contribution in [-0.2, 0) is 4.79 Å². The molecule has 2 N–H and O–H groups in total. The van der Waals surface area contributed by atoms with Crippen LogP contribution >= 0.6 is 11.3 Å². The van der Waals surface area contributed by atoms with Crippen molar-refractivity contribution in [1.82, 2.24) is 14.9 Å². The molecule has 2 heterocycles. The maximum atomic E-state index is 12.6. The van der Waals surface area contributed by atoms with Gasteiger partial charge in [-0.05, 0) is 19.9 Å². The smallest absolute Gasteiger partial charge is 0.328 e. The molecular formula is C13H14FN3O3S. The number of amides is 1. The Morgan fingerprint density at radius 2 is 2.24 bits per heavy atom. The van der Waals surface area contributed by atoms with E-state index in [-0.39, 0.29) is 0 Å². The number of hydrogen-bond donors (Lipinski definition) is 2. The summed E-state index contributed by atoms with van der Waals surface area (Å²) in [4.78, 5) is 27.1. The Hall–Kier alpha value is -2.22. The van der Waals surface area contributed by atoms with Crippen LogP contribution in [0.1, 0.15) is 21.7 Å². The molecule has 2 rings (SSSR count). The number of carboxylic acid groups (broad SMARTS) is 1. The summed E-state index contributed by atoms with van der Waals surface area (Å²) in [6.45, 7) is 2.38. The normalized spacial score (nSPS) is 12.1. The molecule has 0 saturated carbocycles. The first kappa shape index (κ1) is 15.2. The summed E-state index contributed by atoms with van der Waals surface area (Å²) in [5, 5.41) is 13.5. The Morgan fingerprint density at radius 3 is 2.76 bits per heavy atom. The summed E-state index contributed by atoms with van der Waals surface area (Å²) in [6.07, 6.45) is 1.65. The van der Waals surface area contributed by atoms with E-state index in [9.17, 15) is 14.0 Å². The van der Waals surface area contributed by atoms with Gasteiger partial charge in [-0.15, -0.1) is 11.3 Å². The van der Waals surface area contributed by atoms with Gasteiger partial charge >= 0.3 is 5.97 Å². The first-order chi connectivity index (χ1) is 9.95. The van der Waals surface area contributed by atoms with Gasteiger partial charge in [-0.1, -0.05) is 0 Å². The summed E-state index contributed by atoms with van der Waals surface area (Å²) in [7, 11) is 0. The molecule has 6 nitrogen and oxygen atoms in total. The van der Waals surface area contributed by atoms with Gasteiger partial charge in [0.2, 0.25) is 0 Å². The highest BCUT2D eigenvalue weighted by molar-refractivity contribution is 7.12. The first-order valence-corrected chi connectivity index (χ1v) is 7.02. The summed E-state index contributed by atoms with van der Waals surface area (Å²) in [5.41, 5.74) is 1.73. The molecule has 2 aromatic heterocycles. The van der Waals surface area contributed by atoms with Crippen LogP contribution in [0.5, 0.6) is 0 Å². The Kier molecular flexibility index (Phi) is 4.37. The van der Waals surface area contributed by atoms with Crippen molar-refractivity contribution in [2.45, 2.75) is 19.9 Å². The fourth-order valence-electron chi connectivity index (χ4n) is 2.02. The predicted octanol–water partition coefficient (Wildman–Crippen LogP) is 1.70. The topological polar surface area (TPSA) is 84.2 Å². The van der Waals surface area contributed by atoms with Crippen molar-refractivity contribution in [2.75, 3.05) is 6.67 Å². The van der Waals surface area contributed by atoms with Crippen molar-refractivity contribution >= 4 is 23.2 Å². The van der Waals surface area contributed by atoms with Gasteiger partial charge in [0.15, 0.2) is 11.2 Å². The van der Waals surface area contributed by atoms with E-state index in [0.29, 0.717) is 16.4 Å². The monoisotopic (exact) mass is 311 g/mol. The Labute approximate surface area is 124 Å². The average molecular weight is 311 g/mol. The van der Waals surface area contributed by atoms with Crippen molar-refractivity contribution in [3.05, 3.63) is 34.6 Å². The third-order valence-corrected chi connectivity index (χ3v) is 3.80. The van der Waals surface area contributed by atoms with Crippen LogP contribution in [0.2, 0.25) is 0 Å². The van der Waals surface area contributed by atoms with Crippen molar-refractivity contribution in [3.8, 4) is 5.13 Å². The molecule has 1 amide bonds. The molecule has 0 aromatic carbocycles. The van der Waals surface area contributed by atoms with Gasteiger partial charge in [-0.25, -0.2) is 14.2 Å². The summed E-state index contributed by atoms with van der Waals surface area (Å²) < 4.78 is 14.4. The molecule has 0 fully saturated rings. The summed E-state index contributed by atoms with van der Waals surface area (Å²) in [6, 6.07) is 0.0869. The standard InChI is InChI=1S/C13H14FN3O3S/c1-7-5-9(11(18)16-10(6-14)12(19)20)8(2)17(7)13-15-3-4-21-13/h3-5,10H,6H2,1-2H3,(H,16,18)(H,19,20). The minimum absolute atomic E-state index is 0.308. The molecule has 21 heavy (non-hydrogen) atoms. The number of aromatic nitrogens is 2. The largest absolute Gasteiger partial charge is 0.480 e. The first-order valence-electron chi connectivity index (χ1n) is 6.14. The van der Waals surface area contributed by atoms with E-state index in [1.165, 1.54) is 11.3 Å². The number of nitrogens with one attached hydrogen (secondary N) is 1. The van der Waals surface area contributed by atoms with Gasteiger partial charge < -0.3 is 10.4 Å². The highest BCUT2D eigenvalue weighted by Crippen LogP contribution is 2.22. The highest BCUT2D eigenvalue weighted by atomic mass is 32.1. The molecule has 112 valence electrons. The second-order valence-electron chi connectivity index (χ2n) is 4.45. The molecule has 2 aromatic rings. The third kappa shape index (κ3) is 2.94. The number of thiazole rings is 1. The Bertz CT molecular complexity index is 667. The SMILES string of the molecule is Cc1cc(C(=O)NC(CF)C(=O)O)c(C)n1-c1nccs1. The molecule has 0 saturated heterocycles. The van der Waals surface area contributed by atoms with Gasteiger partial charge in [0, 0.05) is 23.0 Å². The molecule has 1 unspecified atom stereocenters. The van der Waals surface area contributed by atoms with Crippen LogP contribution in [0.15, 0.2) is 17.6 Å². The molecule has 0 radical (unpaired) electrons. The van der Waals surface area contributed by atoms with Gasteiger partial charge in [-0.3, -0.25) is 9.36 Å². The van der Waals surface area contributed by atoms with Crippen LogP contribution in [-0.4, -0.2) is 39.3 Å². The number of carbonyl (C=O) groups is 2. The van der Waals surface area contributed by atoms with E-state index in [1.54, 1.807) is 23.8 Å².